The molecule has 0 aliphatic heterocycles. The standard InChI is InChI=1S/C15H13N3/c16-14-12-9-5-4-8-11(12)13(15(17)18-14)10-6-2-1-3-7-10/h1-9H,(H4,16,17,18). The highest BCUT2D eigenvalue weighted by Gasteiger charge is 2.11. The molecule has 2 aromatic carbocycles. The number of aromatic nitrogens is 1. The lowest BCUT2D eigenvalue weighted by molar-refractivity contribution is 1.37. The molecule has 18 heavy (non-hydrogen) atoms. The summed E-state index contributed by atoms with van der Waals surface area (Å²) in [6, 6.07) is 17.9. The normalized spacial score (nSPS) is 10.7. The van der Waals surface area contributed by atoms with Crippen LogP contribution in [0.25, 0.3) is 21.9 Å². The van der Waals surface area contributed by atoms with Gasteiger partial charge in [-0.1, -0.05) is 54.6 Å². The van der Waals surface area contributed by atoms with Gasteiger partial charge in [0.05, 0.1) is 0 Å². The molecule has 3 heteroatoms. The molecule has 0 saturated carbocycles. The molecule has 0 amide bonds. The topological polar surface area (TPSA) is 64.9 Å². The van der Waals surface area contributed by atoms with Crippen molar-refractivity contribution in [2.45, 2.75) is 0 Å². The number of pyridine rings is 1. The van der Waals surface area contributed by atoms with Crippen LogP contribution in [0.15, 0.2) is 54.6 Å². The van der Waals surface area contributed by atoms with Gasteiger partial charge < -0.3 is 11.5 Å². The largest absolute Gasteiger partial charge is 0.383 e. The van der Waals surface area contributed by atoms with Gasteiger partial charge in [-0.05, 0) is 10.9 Å². The van der Waals surface area contributed by atoms with Crippen molar-refractivity contribution in [1.82, 2.24) is 4.98 Å². The zero-order chi connectivity index (χ0) is 12.5. The van der Waals surface area contributed by atoms with Gasteiger partial charge in [0, 0.05) is 10.9 Å². The Balaban J connectivity index is 2.42. The Labute approximate surface area is 105 Å². The Bertz CT molecular complexity index is 706. The Hall–Kier alpha value is -2.55. The second kappa shape index (κ2) is 4.04. The number of nitrogen functional groups attached to an aromatic ring is 2. The number of nitrogens with zero attached hydrogens (tertiary/aromatic N) is 1. The molecule has 0 aliphatic carbocycles. The van der Waals surface area contributed by atoms with E-state index in [2.05, 4.69) is 4.98 Å². The highest BCUT2D eigenvalue weighted by atomic mass is 14.9. The maximum atomic E-state index is 6.03. The van der Waals surface area contributed by atoms with E-state index in [1.807, 2.05) is 54.6 Å². The minimum atomic E-state index is 0.470. The van der Waals surface area contributed by atoms with E-state index in [9.17, 15) is 0 Å². The van der Waals surface area contributed by atoms with Gasteiger partial charge in [-0.25, -0.2) is 4.98 Å². The molecule has 3 rings (SSSR count). The molecule has 0 bridgehead atoms. The van der Waals surface area contributed by atoms with Crippen LogP contribution in [0.3, 0.4) is 0 Å². The van der Waals surface area contributed by atoms with Crippen molar-refractivity contribution in [3.8, 4) is 11.1 Å². The second-order valence-electron chi connectivity index (χ2n) is 4.17. The van der Waals surface area contributed by atoms with Gasteiger partial charge in [0.1, 0.15) is 11.6 Å². The zero-order valence-corrected chi connectivity index (χ0v) is 9.80. The molecule has 0 radical (unpaired) electrons. The molecular weight excluding hydrogens is 222 g/mol. The molecule has 1 aromatic heterocycles. The van der Waals surface area contributed by atoms with Crippen LogP contribution in [0.5, 0.6) is 0 Å². The van der Waals surface area contributed by atoms with Gasteiger partial charge in [0.25, 0.3) is 0 Å². The van der Waals surface area contributed by atoms with Crippen LogP contribution in [0.2, 0.25) is 0 Å². The van der Waals surface area contributed by atoms with E-state index in [1.54, 1.807) is 0 Å². The first-order valence-electron chi connectivity index (χ1n) is 5.76. The molecule has 1 heterocycles. The van der Waals surface area contributed by atoms with Gasteiger partial charge in [-0.2, -0.15) is 0 Å². The summed E-state index contributed by atoms with van der Waals surface area (Å²) in [5.74, 6) is 0.945. The molecule has 0 aliphatic rings. The third-order valence-electron chi connectivity index (χ3n) is 3.03. The lowest BCUT2D eigenvalue weighted by Gasteiger charge is -2.11. The maximum Gasteiger partial charge on any atom is 0.134 e. The van der Waals surface area contributed by atoms with Crippen LogP contribution >= 0.6 is 0 Å². The Morgan fingerprint density at radius 3 is 2.00 bits per heavy atom. The number of hydrogen-bond donors (Lipinski definition) is 2. The van der Waals surface area contributed by atoms with Gasteiger partial charge in [0.15, 0.2) is 0 Å². The van der Waals surface area contributed by atoms with Crippen molar-refractivity contribution < 1.29 is 0 Å². The molecule has 3 nitrogen and oxygen atoms in total. The minimum Gasteiger partial charge on any atom is -0.383 e. The Morgan fingerprint density at radius 2 is 1.28 bits per heavy atom. The van der Waals surface area contributed by atoms with Gasteiger partial charge >= 0.3 is 0 Å². The molecular formula is C15H13N3. The van der Waals surface area contributed by atoms with Crippen molar-refractivity contribution in [3.05, 3.63) is 54.6 Å². The number of fused-ring (bicyclic) bond motifs is 1. The van der Waals surface area contributed by atoms with Crippen LogP contribution in [-0.4, -0.2) is 4.98 Å². The van der Waals surface area contributed by atoms with E-state index in [-0.39, 0.29) is 0 Å². The summed E-state index contributed by atoms with van der Waals surface area (Å²) in [5, 5.41) is 1.97. The van der Waals surface area contributed by atoms with Crippen molar-refractivity contribution in [1.29, 1.82) is 0 Å². The lowest BCUT2D eigenvalue weighted by Crippen LogP contribution is -2.00. The average Bonchev–Trinajstić information content (AvgIpc) is 2.40. The molecule has 88 valence electrons. The fourth-order valence-corrected chi connectivity index (χ4v) is 2.22. The predicted octanol–water partition coefficient (Wildman–Crippen LogP) is 3.07. The van der Waals surface area contributed by atoms with E-state index in [4.69, 9.17) is 11.5 Å². The monoisotopic (exact) mass is 235 g/mol. The minimum absolute atomic E-state index is 0.470. The Kier molecular flexibility index (Phi) is 2.38. The molecule has 0 unspecified atom stereocenters. The smallest absolute Gasteiger partial charge is 0.134 e. The number of rotatable bonds is 1. The summed E-state index contributed by atoms with van der Waals surface area (Å²) in [6.07, 6.45) is 0. The molecule has 4 N–H and O–H groups in total. The highest BCUT2D eigenvalue weighted by molar-refractivity contribution is 6.05. The maximum absolute atomic E-state index is 6.03. The number of hydrogen-bond acceptors (Lipinski definition) is 3. The predicted molar refractivity (Wildman–Crippen MR) is 76.0 cm³/mol. The van der Waals surface area contributed by atoms with Crippen LogP contribution in [-0.2, 0) is 0 Å². The first-order valence-corrected chi connectivity index (χ1v) is 5.76. The third kappa shape index (κ3) is 1.57. The van der Waals surface area contributed by atoms with Crippen LogP contribution in [0, 0.1) is 0 Å². The summed E-state index contributed by atoms with van der Waals surface area (Å²) in [4.78, 5) is 4.23. The third-order valence-corrected chi connectivity index (χ3v) is 3.03. The molecule has 0 spiro atoms. The number of nitrogens with two attached hydrogens (primary N) is 2. The fraction of sp³-hybridized carbons (Fsp3) is 0. The summed E-state index contributed by atoms with van der Waals surface area (Å²) < 4.78 is 0. The highest BCUT2D eigenvalue weighted by Crippen LogP contribution is 2.34. The first-order chi connectivity index (χ1) is 8.77. The first kappa shape index (κ1) is 10.6. The van der Waals surface area contributed by atoms with Crippen molar-refractivity contribution in [3.63, 3.8) is 0 Å². The van der Waals surface area contributed by atoms with Crippen LogP contribution in [0.4, 0.5) is 11.6 Å². The quantitative estimate of drug-likeness (QED) is 0.681. The average molecular weight is 235 g/mol. The lowest BCUT2D eigenvalue weighted by atomic mass is 9.99. The van der Waals surface area contributed by atoms with Gasteiger partial charge in [-0.3, -0.25) is 0 Å². The summed E-state index contributed by atoms with van der Waals surface area (Å²) in [6.45, 7) is 0. The summed E-state index contributed by atoms with van der Waals surface area (Å²) >= 11 is 0. The van der Waals surface area contributed by atoms with E-state index in [0.717, 1.165) is 21.9 Å². The van der Waals surface area contributed by atoms with Crippen LogP contribution < -0.4 is 11.5 Å². The number of anilines is 2. The summed E-state index contributed by atoms with van der Waals surface area (Å²) in [5.41, 5.74) is 13.9. The van der Waals surface area contributed by atoms with E-state index < -0.39 is 0 Å². The zero-order valence-electron chi connectivity index (χ0n) is 9.80. The molecule has 0 saturated heterocycles. The molecule has 0 fully saturated rings. The fourth-order valence-electron chi connectivity index (χ4n) is 2.22. The second-order valence-corrected chi connectivity index (χ2v) is 4.17. The van der Waals surface area contributed by atoms with Crippen molar-refractivity contribution in [2.24, 2.45) is 0 Å². The van der Waals surface area contributed by atoms with E-state index in [1.165, 1.54) is 0 Å². The van der Waals surface area contributed by atoms with E-state index in [0.29, 0.717) is 11.6 Å². The van der Waals surface area contributed by atoms with E-state index >= 15 is 0 Å². The van der Waals surface area contributed by atoms with Gasteiger partial charge in [-0.15, -0.1) is 0 Å². The SMILES string of the molecule is Nc1nc(N)c2ccccc2c1-c1ccccc1. The van der Waals surface area contributed by atoms with Crippen molar-refractivity contribution >= 4 is 22.4 Å². The molecule has 0 atom stereocenters. The summed E-state index contributed by atoms with van der Waals surface area (Å²) in [7, 11) is 0. The van der Waals surface area contributed by atoms with Gasteiger partial charge in [0.2, 0.25) is 0 Å². The van der Waals surface area contributed by atoms with Crippen LogP contribution in [0.1, 0.15) is 0 Å². The molecule has 3 aromatic rings. The number of benzene rings is 2. The Morgan fingerprint density at radius 1 is 0.667 bits per heavy atom. The van der Waals surface area contributed by atoms with Crippen molar-refractivity contribution in [2.75, 3.05) is 11.5 Å².